The van der Waals surface area contributed by atoms with Crippen LogP contribution in [0.4, 0.5) is 11.6 Å². The zero-order chi connectivity index (χ0) is 19.2. The summed E-state index contributed by atoms with van der Waals surface area (Å²) in [7, 11) is 0. The average Bonchev–Trinajstić information content (AvgIpc) is 3.16. The number of carbonyl (C=O) groups excluding carboxylic acids is 1. The van der Waals surface area contributed by atoms with Crippen molar-refractivity contribution in [2.24, 2.45) is 5.92 Å². The van der Waals surface area contributed by atoms with Gasteiger partial charge in [-0.1, -0.05) is 19.9 Å². The van der Waals surface area contributed by atoms with E-state index in [-0.39, 0.29) is 23.4 Å². The van der Waals surface area contributed by atoms with Gasteiger partial charge in [-0.2, -0.15) is 0 Å². The van der Waals surface area contributed by atoms with Crippen molar-refractivity contribution in [2.75, 3.05) is 11.9 Å². The van der Waals surface area contributed by atoms with Crippen LogP contribution in [0.5, 0.6) is 0 Å². The molecule has 2 N–H and O–H groups in total. The summed E-state index contributed by atoms with van der Waals surface area (Å²) in [5.74, 6) is 0.166. The maximum absolute atomic E-state index is 12.2. The number of H-pyrrole nitrogens is 1. The summed E-state index contributed by atoms with van der Waals surface area (Å²) in [6, 6.07) is 10.6. The summed E-state index contributed by atoms with van der Waals surface area (Å²) in [5, 5.41) is 13.0. The molecule has 2 aromatic heterocycles. The van der Waals surface area contributed by atoms with E-state index in [1.54, 1.807) is 35.6 Å². The topological polar surface area (TPSA) is 97.0 Å². The molecule has 0 unspecified atom stereocenters. The van der Waals surface area contributed by atoms with Crippen LogP contribution in [0, 0.1) is 5.92 Å². The fourth-order valence-corrected chi connectivity index (χ4v) is 2.97. The van der Waals surface area contributed by atoms with E-state index < -0.39 is 0 Å². The van der Waals surface area contributed by atoms with Crippen molar-refractivity contribution in [2.45, 2.75) is 20.3 Å². The second kappa shape index (κ2) is 8.59. The summed E-state index contributed by atoms with van der Waals surface area (Å²) >= 11 is 1.57. The Balaban J connectivity index is 1.64. The Morgan fingerprint density at radius 1 is 1.22 bits per heavy atom. The van der Waals surface area contributed by atoms with Crippen molar-refractivity contribution in [1.29, 1.82) is 0 Å². The fourth-order valence-electron chi connectivity index (χ4n) is 2.26. The van der Waals surface area contributed by atoms with Gasteiger partial charge in [0.2, 0.25) is 5.95 Å². The molecule has 8 heteroatoms. The quantitative estimate of drug-likeness (QED) is 0.606. The molecular formula is C19H20N4O3S. The second-order valence-electron chi connectivity index (χ2n) is 6.40. The molecule has 1 aromatic carbocycles. The number of benzene rings is 1. The molecule has 0 saturated heterocycles. The van der Waals surface area contributed by atoms with Crippen LogP contribution in [0.3, 0.4) is 0 Å². The molecule has 2 heterocycles. The van der Waals surface area contributed by atoms with Gasteiger partial charge in [0.1, 0.15) is 5.69 Å². The number of nitrogens with one attached hydrogen (secondary N) is 2. The van der Waals surface area contributed by atoms with Crippen molar-refractivity contribution in [3.05, 3.63) is 68.3 Å². The fraction of sp³-hybridized carbons (Fsp3) is 0.263. The molecule has 7 nitrogen and oxygen atoms in total. The first kappa shape index (κ1) is 18.8. The van der Waals surface area contributed by atoms with Crippen molar-refractivity contribution in [3.63, 3.8) is 0 Å². The molecule has 0 bridgehead atoms. The van der Waals surface area contributed by atoms with E-state index in [1.165, 1.54) is 0 Å². The molecule has 0 fully saturated rings. The van der Waals surface area contributed by atoms with E-state index in [2.05, 4.69) is 20.5 Å². The van der Waals surface area contributed by atoms with Gasteiger partial charge in [-0.15, -0.1) is 21.5 Å². The third kappa shape index (κ3) is 5.24. The molecule has 0 saturated carbocycles. The largest absolute Gasteiger partial charge is 0.462 e. The summed E-state index contributed by atoms with van der Waals surface area (Å²) in [6.07, 6.45) is 0.452. The molecule has 0 spiro atoms. The van der Waals surface area contributed by atoms with Gasteiger partial charge in [0.15, 0.2) is 0 Å². The Bertz CT molecular complexity index is 950. The minimum atomic E-state index is -0.360. The maximum atomic E-state index is 12.2. The molecule has 3 rings (SSSR count). The van der Waals surface area contributed by atoms with Gasteiger partial charge in [-0.3, -0.25) is 9.78 Å². The maximum Gasteiger partial charge on any atom is 0.338 e. The molecule has 0 aliphatic carbocycles. The van der Waals surface area contributed by atoms with Crippen LogP contribution in [0.1, 0.15) is 34.8 Å². The van der Waals surface area contributed by atoms with E-state index in [4.69, 9.17) is 4.74 Å². The van der Waals surface area contributed by atoms with E-state index in [0.717, 1.165) is 4.88 Å². The number of carbonyl (C=O) groups is 1. The number of ether oxygens (including phenoxy) is 1. The molecule has 140 valence electrons. The highest BCUT2D eigenvalue weighted by Crippen LogP contribution is 2.15. The van der Waals surface area contributed by atoms with E-state index >= 15 is 0 Å². The number of anilines is 2. The predicted molar refractivity (Wildman–Crippen MR) is 105 cm³/mol. The Hall–Kier alpha value is -3.00. The number of nitrogens with zero attached hydrogens (tertiary/aromatic N) is 2. The molecule has 3 aromatic rings. The lowest BCUT2D eigenvalue weighted by atomic mass is 10.2. The standard InChI is InChI=1S/C19H20N4O3S/c1-12(2)11-26-18(25)13-5-7-14(8-6-13)20-19-21-17(24)16(22-23-19)10-15-4-3-9-27-15/h3-9,12H,10-11H2,1-2H3,(H2,20,21,23,24). The highest BCUT2D eigenvalue weighted by atomic mass is 32.1. The monoisotopic (exact) mass is 384 g/mol. The van der Waals surface area contributed by atoms with Gasteiger partial charge >= 0.3 is 5.97 Å². The molecule has 0 amide bonds. The number of aromatic nitrogens is 3. The number of hydrogen-bond donors (Lipinski definition) is 2. The number of esters is 1. The predicted octanol–water partition coefficient (Wildman–Crippen LogP) is 3.37. The molecule has 0 radical (unpaired) electrons. The SMILES string of the molecule is CC(C)COC(=O)c1ccc(Nc2nnc(Cc3cccs3)c(=O)[nH]2)cc1. The normalized spacial score (nSPS) is 10.8. The van der Waals surface area contributed by atoms with Gasteiger partial charge < -0.3 is 10.1 Å². The zero-order valence-corrected chi connectivity index (χ0v) is 15.9. The van der Waals surface area contributed by atoms with Crippen LogP contribution in [-0.4, -0.2) is 27.8 Å². The van der Waals surface area contributed by atoms with Crippen molar-refractivity contribution in [3.8, 4) is 0 Å². The third-order valence-corrected chi connectivity index (χ3v) is 4.49. The first-order chi connectivity index (χ1) is 13.0. The van der Waals surface area contributed by atoms with Crippen LogP contribution < -0.4 is 10.9 Å². The van der Waals surface area contributed by atoms with Gasteiger partial charge in [-0.25, -0.2) is 4.79 Å². The lowest BCUT2D eigenvalue weighted by molar-refractivity contribution is 0.0459. The van der Waals surface area contributed by atoms with Gasteiger partial charge in [-0.05, 0) is 41.6 Å². The number of thiophene rings is 1. The van der Waals surface area contributed by atoms with Crippen LogP contribution in [0.25, 0.3) is 0 Å². The molecule has 27 heavy (non-hydrogen) atoms. The van der Waals surface area contributed by atoms with Crippen LogP contribution >= 0.6 is 11.3 Å². The summed E-state index contributed by atoms with van der Waals surface area (Å²) in [6.45, 7) is 4.34. The minimum absolute atomic E-state index is 0.241. The van der Waals surface area contributed by atoms with Gasteiger partial charge in [0.05, 0.1) is 12.2 Å². The molecule has 0 aliphatic heterocycles. The lowest BCUT2D eigenvalue weighted by Gasteiger charge is -2.08. The van der Waals surface area contributed by atoms with E-state index in [1.807, 2.05) is 31.4 Å². The Kier molecular flexibility index (Phi) is 5.97. The first-order valence-electron chi connectivity index (χ1n) is 8.53. The third-order valence-electron chi connectivity index (χ3n) is 3.62. The smallest absolute Gasteiger partial charge is 0.338 e. The van der Waals surface area contributed by atoms with E-state index in [9.17, 15) is 9.59 Å². The average molecular weight is 384 g/mol. The Labute approximate surface area is 160 Å². The van der Waals surface area contributed by atoms with E-state index in [0.29, 0.717) is 30.0 Å². The number of rotatable bonds is 7. The highest BCUT2D eigenvalue weighted by molar-refractivity contribution is 7.09. The molecule has 0 aliphatic rings. The van der Waals surface area contributed by atoms with Crippen LogP contribution in [0.15, 0.2) is 46.6 Å². The molecule has 0 atom stereocenters. The van der Waals surface area contributed by atoms with Crippen molar-refractivity contribution < 1.29 is 9.53 Å². The second-order valence-corrected chi connectivity index (χ2v) is 7.43. The highest BCUT2D eigenvalue weighted by Gasteiger charge is 2.09. The van der Waals surface area contributed by atoms with Crippen molar-refractivity contribution >= 4 is 28.9 Å². The summed E-state index contributed by atoms with van der Waals surface area (Å²) in [5.41, 5.74) is 1.22. The number of hydrogen-bond acceptors (Lipinski definition) is 7. The Morgan fingerprint density at radius 2 is 2.00 bits per heavy atom. The Morgan fingerprint density at radius 3 is 2.63 bits per heavy atom. The van der Waals surface area contributed by atoms with Gasteiger partial charge in [0.25, 0.3) is 5.56 Å². The molecular weight excluding hydrogens is 364 g/mol. The van der Waals surface area contributed by atoms with Crippen LogP contribution in [0.2, 0.25) is 0 Å². The van der Waals surface area contributed by atoms with Crippen LogP contribution in [-0.2, 0) is 11.2 Å². The zero-order valence-electron chi connectivity index (χ0n) is 15.1. The summed E-state index contributed by atoms with van der Waals surface area (Å²) < 4.78 is 5.19. The van der Waals surface area contributed by atoms with Gasteiger partial charge in [0, 0.05) is 17.0 Å². The minimum Gasteiger partial charge on any atom is -0.462 e. The lowest BCUT2D eigenvalue weighted by Crippen LogP contribution is -2.18. The first-order valence-corrected chi connectivity index (χ1v) is 9.41. The summed E-state index contributed by atoms with van der Waals surface area (Å²) in [4.78, 5) is 27.8. The number of aromatic amines is 1. The van der Waals surface area contributed by atoms with Crippen molar-refractivity contribution in [1.82, 2.24) is 15.2 Å².